The van der Waals surface area contributed by atoms with Crippen LogP contribution >= 0.6 is 23.2 Å². The average molecular weight is 605 g/mol. The first-order valence-corrected chi connectivity index (χ1v) is 15.3. The van der Waals surface area contributed by atoms with Gasteiger partial charge in [-0.2, -0.15) is 0 Å². The standard InChI is InChI=1S/C30H35Cl2N3O4S/c1-5-6-18-33-30(37)23(4)34(19-26-27(31)8-7-9-28(26)32)29(36)20-35(24-14-10-21(2)11-15-24)40(38,39)25-16-12-22(3)13-17-25/h7-17,23H,5-6,18-20H2,1-4H3,(H,33,37). The number of benzene rings is 3. The lowest BCUT2D eigenvalue weighted by atomic mass is 10.1. The van der Waals surface area contributed by atoms with Gasteiger partial charge >= 0.3 is 0 Å². The van der Waals surface area contributed by atoms with Crippen LogP contribution in [0.1, 0.15) is 43.4 Å². The van der Waals surface area contributed by atoms with Gasteiger partial charge in [-0.05, 0) is 63.6 Å². The van der Waals surface area contributed by atoms with Crippen LogP contribution in [-0.2, 0) is 26.2 Å². The van der Waals surface area contributed by atoms with Crippen molar-refractivity contribution in [1.29, 1.82) is 0 Å². The lowest BCUT2D eigenvalue weighted by molar-refractivity contribution is -0.139. The van der Waals surface area contributed by atoms with Gasteiger partial charge in [-0.3, -0.25) is 13.9 Å². The molecule has 3 aromatic rings. The molecule has 0 fully saturated rings. The Morgan fingerprint density at radius 1 is 0.900 bits per heavy atom. The Morgan fingerprint density at radius 2 is 1.45 bits per heavy atom. The van der Waals surface area contributed by atoms with E-state index in [-0.39, 0.29) is 17.3 Å². The van der Waals surface area contributed by atoms with Gasteiger partial charge in [0.25, 0.3) is 10.0 Å². The number of halogens is 2. The van der Waals surface area contributed by atoms with E-state index < -0.39 is 28.5 Å². The van der Waals surface area contributed by atoms with Gasteiger partial charge in [0.2, 0.25) is 11.8 Å². The van der Waals surface area contributed by atoms with Crippen LogP contribution < -0.4 is 9.62 Å². The molecule has 0 radical (unpaired) electrons. The zero-order chi connectivity index (χ0) is 29.4. The average Bonchev–Trinajstić information content (AvgIpc) is 2.92. The van der Waals surface area contributed by atoms with Crippen molar-refractivity contribution in [3.05, 3.63) is 93.5 Å². The Balaban J connectivity index is 2.03. The van der Waals surface area contributed by atoms with Gasteiger partial charge in [-0.25, -0.2) is 8.42 Å². The fourth-order valence-corrected chi connectivity index (χ4v) is 5.98. The van der Waals surface area contributed by atoms with Crippen molar-refractivity contribution < 1.29 is 18.0 Å². The molecule has 214 valence electrons. The number of unbranched alkanes of at least 4 members (excludes halogenated alkanes) is 1. The van der Waals surface area contributed by atoms with Crippen molar-refractivity contribution in [2.24, 2.45) is 0 Å². The molecule has 3 aromatic carbocycles. The second-order valence-electron chi connectivity index (χ2n) is 9.70. The predicted molar refractivity (Wildman–Crippen MR) is 161 cm³/mol. The molecule has 0 saturated heterocycles. The van der Waals surface area contributed by atoms with Crippen molar-refractivity contribution in [3.63, 3.8) is 0 Å². The minimum atomic E-state index is -4.13. The first-order valence-electron chi connectivity index (χ1n) is 13.1. The summed E-state index contributed by atoms with van der Waals surface area (Å²) in [4.78, 5) is 28.4. The highest BCUT2D eigenvalue weighted by Crippen LogP contribution is 2.28. The molecule has 0 saturated carbocycles. The molecule has 0 aliphatic carbocycles. The molecule has 40 heavy (non-hydrogen) atoms. The third-order valence-corrected chi connectivity index (χ3v) is 9.09. The molecule has 0 bridgehead atoms. The highest BCUT2D eigenvalue weighted by molar-refractivity contribution is 7.92. The number of amides is 2. The van der Waals surface area contributed by atoms with Crippen molar-refractivity contribution >= 4 is 50.7 Å². The van der Waals surface area contributed by atoms with E-state index in [0.717, 1.165) is 28.3 Å². The zero-order valence-corrected chi connectivity index (χ0v) is 25.5. The van der Waals surface area contributed by atoms with E-state index in [1.807, 2.05) is 20.8 Å². The van der Waals surface area contributed by atoms with Crippen molar-refractivity contribution in [2.45, 2.75) is 58.0 Å². The van der Waals surface area contributed by atoms with Gasteiger partial charge in [-0.1, -0.05) is 78.0 Å². The highest BCUT2D eigenvalue weighted by Gasteiger charge is 2.33. The maximum atomic E-state index is 14.0. The molecule has 0 aliphatic heterocycles. The number of hydrogen-bond donors (Lipinski definition) is 1. The first kappa shape index (κ1) is 31.5. The van der Waals surface area contributed by atoms with Crippen LogP contribution in [0.2, 0.25) is 10.0 Å². The van der Waals surface area contributed by atoms with Crippen LogP contribution in [0.15, 0.2) is 71.6 Å². The minimum Gasteiger partial charge on any atom is -0.354 e. The molecule has 7 nitrogen and oxygen atoms in total. The van der Waals surface area contributed by atoms with E-state index in [0.29, 0.717) is 27.8 Å². The van der Waals surface area contributed by atoms with Crippen LogP contribution in [0.5, 0.6) is 0 Å². The number of nitrogens with zero attached hydrogens (tertiary/aromatic N) is 2. The van der Waals surface area contributed by atoms with Gasteiger partial charge < -0.3 is 10.2 Å². The van der Waals surface area contributed by atoms with Gasteiger partial charge in [0.1, 0.15) is 12.6 Å². The van der Waals surface area contributed by atoms with Gasteiger partial charge in [-0.15, -0.1) is 0 Å². The van der Waals surface area contributed by atoms with Crippen molar-refractivity contribution in [1.82, 2.24) is 10.2 Å². The topological polar surface area (TPSA) is 86.8 Å². The molecular weight excluding hydrogens is 569 g/mol. The van der Waals surface area contributed by atoms with E-state index in [1.54, 1.807) is 61.5 Å². The van der Waals surface area contributed by atoms with E-state index in [2.05, 4.69) is 5.32 Å². The molecule has 1 unspecified atom stereocenters. The summed E-state index contributed by atoms with van der Waals surface area (Å²) >= 11 is 12.8. The molecule has 0 aromatic heterocycles. The Morgan fingerprint density at radius 3 is 2.00 bits per heavy atom. The number of anilines is 1. The second kappa shape index (κ2) is 14.0. The van der Waals surface area contributed by atoms with Crippen molar-refractivity contribution in [2.75, 3.05) is 17.4 Å². The third-order valence-electron chi connectivity index (χ3n) is 6.60. The van der Waals surface area contributed by atoms with Crippen molar-refractivity contribution in [3.8, 4) is 0 Å². The summed E-state index contributed by atoms with van der Waals surface area (Å²) in [7, 11) is -4.13. The van der Waals surface area contributed by atoms with Crippen LogP contribution in [0.4, 0.5) is 5.69 Å². The Hall–Kier alpha value is -3.07. The molecular formula is C30H35Cl2N3O4S. The summed E-state index contributed by atoms with van der Waals surface area (Å²) in [5.41, 5.74) is 2.64. The first-order chi connectivity index (χ1) is 18.9. The highest BCUT2D eigenvalue weighted by atomic mass is 35.5. The summed E-state index contributed by atoms with van der Waals surface area (Å²) < 4.78 is 28.8. The smallest absolute Gasteiger partial charge is 0.264 e. The molecule has 2 amide bonds. The molecule has 10 heteroatoms. The Labute approximate surface area is 247 Å². The molecule has 0 spiro atoms. The van der Waals surface area contributed by atoms with Crippen LogP contribution in [0.3, 0.4) is 0 Å². The lowest BCUT2D eigenvalue weighted by Gasteiger charge is -2.32. The number of sulfonamides is 1. The van der Waals surface area contributed by atoms with Gasteiger partial charge in [0, 0.05) is 28.7 Å². The molecule has 3 rings (SSSR count). The van der Waals surface area contributed by atoms with Crippen LogP contribution in [0, 0.1) is 13.8 Å². The number of carbonyl (C=O) groups excluding carboxylic acids is 2. The number of aryl methyl sites for hydroxylation is 2. The normalized spacial score (nSPS) is 12.1. The summed E-state index contributed by atoms with van der Waals surface area (Å²) in [5, 5.41) is 3.53. The predicted octanol–water partition coefficient (Wildman–Crippen LogP) is 6.14. The summed E-state index contributed by atoms with van der Waals surface area (Å²) in [6, 6.07) is 17.4. The molecule has 1 N–H and O–H groups in total. The monoisotopic (exact) mass is 603 g/mol. The number of nitrogens with one attached hydrogen (secondary N) is 1. The summed E-state index contributed by atoms with van der Waals surface area (Å²) in [6.07, 6.45) is 1.69. The Kier molecular flexibility index (Phi) is 11.0. The van der Waals surface area contributed by atoms with E-state index in [1.165, 1.54) is 17.0 Å². The Bertz CT molecular complexity index is 1410. The van der Waals surface area contributed by atoms with Gasteiger partial charge in [0.15, 0.2) is 0 Å². The maximum absolute atomic E-state index is 14.0. The number of hydrogen-bond acceptors (Lipinski definition) is 4. The number of rotatable bonds is 12. The maximum Gasteiger partial charge on any atom is 0.264 e. The second-order valence-corrected chi connectivity index (χ2v) is 12.4. The zero-order valence-electron chi connectivity index (χ0n) is 23.2. The SMILES string of the molecule is CCCCNC(=O)C(C)N(Cc1c(Cl)cccc1Cl)C(=O)CN(c1ccc(C)cc1)S(=O)(=O)c1ccc(C)cc1. The van der Waals surface area contributed by atoms with Crippen LogP contribution in [0.25, 0.3) is 0 Å². The third kappa shape index (κ3) is 7.77. The lowest BCUT2D eigenvalue weighted by Crippen LogP contribution is -2.51. The van der Waals surface area contributed by atoms with Gasteiger partial charge in [0.05, 0.1) is 10.6 Å². The number of carbonyl (C=O) groups is 2. The van der Waals surface area contributed by atoms with Crippen LogP contribution in [-0.4, -0.2) is 44.3 Å². The molecule has 1 atom stereocenters. The molecule has 0 heterocycles. The van der Waals surface area contributed by atoms with E-state index in [4.69, 9.17) is 23.2 Å². The fraction of sp³-hybridized carbons (Fsp3) is 0.333. The summed E-state index contributed by atoms with van der Waals surface area (Å²) in [6.45, 7) is 7.23. The quantitative estimate of drug-likeness (QED) is 0.252. The largest absolute Gasteiger partial charge is 0.354 e. The minimum absolute atomic E-state index is 0.0533. The summed E-state index contributed by atoms with van der Waals surface area (Å²) in [5.74, 6) is -0.932. The fourth-order valence-electron chi connectivity index (χ4n) is 4.05. The van der Waals surface area contributed by atoms with E-state index >= 15 is 0 Å². The van der Waals surface area contributed by atoms with E-state index in [9.17, 15) is 18.0 Å². The molecule has 0 aliphatic rings.